The van der Waals surface area contributed by atoms with Gasteiger partial charge in [0.25, 0.3) is 0 Å². The van der Waals surface area contributed by atoms with Crippen molar-refractivity contribution in [3.63, 3.8) is 0 Å². The van der Waals surface area contributed by atoms with Crippen LogP contribution in [0.2, 0.25) is 0 Å². The van der Waals surface area contributed by atoms with Crippen LogP contribution in [-0.2, 0) is 22.5 Å². The van der Waals surface area contributed by atoms with Crippen LogP contribution >= 0.6 is 0 Å². The SMILES string of the molecule is CCOCC(=O)NCC#CCN1CCc2ccccc2C1. The summed E-state index contributed by atoms with van der Waals surface area (Å²) in [6.07, 6.45) is 1.09. The van der Waals surface area contributed by atoms with E-state index in [1.165, 1.54) is 11.1 Å². The second-order valence-electron chi connectivity index (χ2n) is 5.00. The third kappa shape index (κ3) is 5.22. The summed E-state index contributed by atoms with van der Waals surface area (Å²) in [4.78, 5) is 13.6. The molecule has 1 amide bonds. The fourth-order valence-electron chi connectivity index (χ4n) is 2.31. The Balaban J connectivity index is 1.68. The third-order valence-electron chi connectivity index (χ3n) is 3.45. The Hall–Kier alpha value is -1.83. The first-order valence-electron chi connectivity index (χ1n) is 7.39. The van der Waals surface area contributed by atoms with Crippen LogP contribution in [0.1, 0.15) is 18.1 Å². The lowest BCUT2D eigenvalue weighted by Gasteiger charge is -2.26. The van der Waals surface area contributed by atoms with Crippen LogP contribution < -0.4 is 5.32 Å². The molecule has 1 aliphatic rings. The van der Waals surface area contributed by atoms with Gasteiger partial charge in [-0.1, -0.05) is 36.1 Å². The van der Waals surface area contributed by atoms with Gasteiger partial charge in [-0.25, -0.2) is 0 Å². The maximum atomic E-state index is 11.3. The van der Waals surface area contributed by atoms with Gasteiger partial charge in [0.1, 0.15) is 6.61 Å². The molecule has 4 heteroatoms. The average molecular weight is 286 g/mol. The van der Waals surface area contributed by atoms with E-state index in [-0.39, 0.29) is 12.5 Å². The van der Waals surface area contributed by atoms with Crippen molar-refractivity contribution in [2.45, 2.75) is 19.9 Å². The van der Waals surface area contributed by atoms with Crippen molar-refractivity contribution in [2.24, 2.45) is 0 Å². The molecule has 0 aromatic heterocycles. The first-order chi connectivity index (χ1) is 10.3. The topological polar surface area (TPSA) is 41.6 Å². The van der Waals surface area contributed by atoms with Gasteiger partial charge in [0.15, 0.2) is 0 Å². The molecule has 1 aromatic rings. The van der Waals surface area contributed by atoms with E-state index >= 15 is 0 Å². The number of hydrogen-bond donors (Lipinski definition) is 1. The number of nitrogens with one attached hydrogen (secondary N) is 1. The van der Waals surface area contributed by atoms with Crippen molar-refractivity contribution in [2.75, 3.05) is 32.8 Å². The largest absolute Gasteiger partial charge is 0.372 e. The summed E-state index contributed by atoms with van der Waals surface area (Å²) in [6.45, 7) is 5.66. The number of rotatable bonds is 5. The number of carbonyl (C=O) groups excluding carboxylic acids is 1. The Bertz CT molecular complexity index is 531. The molecule has 1 aliphatic heterocycles. The van der Waals surface area contributed by atoms with Crippen LogP contribution in [0.3, 0.4) is 0 Å². The summed E-state index contributed by atoms with van der Waals surface area (Å²) >= 11 is 0. The smallest absolute Gasteiger partial charge is 0.246 e. The number of hydrogen-bond acceptors (Lipinski definition) is 3. The highest BCUT2D eigenvalue weighted by atomic mass is 16.5. The Morgan fingerprint density at radius 2 is 2.14 bits per heavy atom. The maximum absolute atomic E-state index is 11.3. The molecule has 1 heterocycles. The third-order valence-corrected chi connectivity index (χ3v) is 3.45. The van der Waals surface area contributed by atoms with Crippen molar-refractivity contribution in [1.82, 2.24) is 10.2 Å². The zero-order chi connectivity index (χ0) is 14.9. The van der Waals surface area contributed by atoms with E-state index in [1.54, 1.807) is 0 Å². The number of ether oxygens (including phenoxy) is 1. The van der Waals surface area contributed by atoms with Gasteiger partial charge >= 0.3 is 0 Å². The maximum Gasteiger partial charge on any atom is 0.246 e. The lowest BCUT2D eigenvalue weighted by molar-refractivity contribution is -0.125. The molecule has 0 radical (unpaired) electrons. The number of carbonyl (C=O) groups is 1. The molecule has 1 N–H and O–H groups in total. The minimum Gasteiger partial charge on any atom is -0.372 e. The van der Waals surface area contributed by atoms with Crippen molar-refractivity contribution in [3.05, 3.63) is 35.4 Å². The van der Waals surface area contributed by atoms with Crippen LogP contribution in [0.4, 0.5) is 0 Å². The van der Waals surface area contributed by atoms with E-state index in [0.29, 0.717) is 13.2 Å². The Morgan fingerprint density at radius 1 is 1.33 bits per heavy atom. The van der Waals surface area contributed by atoms with Crippen molar-refractivity contribution in [1.29, 1.82) is 0 Å². The minimum absolute atomic E-state index is 0.112. The Kier molecular flexibility index (Phi) is 6.26. The molecule has 0 bridgehead atoms. The zero-order valence-electron chi connectivity index (χ0n) is 12.5. The molecule has 2 rings (SSSR count). The summed E-state index contributed by atoms with van der Waals surface area (Å²) in [5.41, 5.74) is 2.85. The monoisotopic (exact) mass is 286 g/mol. The molecule has 4 nitrogen and oxygen atoms in total. The zero-order valence-corrected chi connectivity index (χ0v) is 12.5. The predicted octanol–water partition coefficient (Wildman–Crippen LogP) is 1.20. The van der Waals surface area contributed by atoms with Crippen molar-refractivity contribution < 1.29 is 9.53 Å². The molecule has 21 heavy (non-hydrogen) atoms. The Morgan fingerprint density at radius 3 is 2.95 bits per heavy atom. The predicted molar refractivity (Wildman–Crippen MR) is 82.7 cm³/mol. The number of benzene rings is 1. The van der Waals surface area contributed by atoms with Crippen molar-refractivity contribution in [3.8, 4) is 11.8 Å². The van der Waals surface area contributed by atoms with Crippen LogP contribution in [-0.4, -0.2) is 43.7 Å². The first-order valence-corrected chi connectivity index (χ1v) is 7.39. The van der Waals surface area contributed by atoms with Gasteiger partial charge in [-0.3, -0.25) is 9.69 Å². The summed E-state index contributed by atoms with van der Waals surface area (Å²) in [5, 5.41) is 2.71. The van der Waals surface area contributed by atoms with E-state index in [0.717, 1.165) is 26.1 Å². The molecule has 0 saturated carbocycles. The summed E-state index contributed by atoms with van der Waals surface area (Å²) in [7, 11) is 0. The average Bonchev–Trinajstić information content (AvgIpc) is 2.52. The van der Waals surface area contributed by atoms with Crippen molar-refractivity contribution >= 4 is 5.91 Å². The van der Waals surface area contributed by atoms with Gasteiger partial charge in [0, 0.05) is 19.7 Å². The molecule has 0 saturated heterocycles. The highest BCUT2D eigenvalue weighted by Gasteiger charge is 2.13. The summed E-state index contributed by atoms with van der Waals surface area (Å²) < 4.78 is 5.01. The van der Waals surface area contributed by atoms with E-state index in [1.807, 2.05) is 6.92 Å². The Labute approximate surface area is 126 Å². The fraction of sp³-hybridized carbons (Fsp3) is 0.471. The fourth-order valence-corrected chi connectivity index (χ4v) is 2.31. The lowest BCUT2D eigenvalue weighted by Crippen LogP contribution is -2.31. The first kappa shape index (κ1) is 15.6. The van der Waals surface area contributed by atoms with Gasteiger partial charge in [-0.2, -0.15) is 0 Å². The molecule has 112 valence electrons. The molecule has 0 fully saturated rings. The second kappa shape index (κ2) is 8.46. The molecule has 1 aromatic carbocycles. The van der Waals surface area contributed by atoms with E-state index in [9.17, 15) is 4.79 Å². The van der Waals surface area contributed by atoms with Crippen LogP contribution in [0.5, 0.6) is 0 Å². The number of nitrogens with zero attached hydrogens (tertiary/aromatic N) is 1. The van der Waals surface area contributed by atoms with Gasteiger partial charge in [0.05, 0.1) is 13.1 Å². The minimum atomic E-state index is -0.113. The molecule has 0 spiro atoms. The van der Waals surface area contributed by atoms with Gasteiger partial charge in [0.2, 0.25) is 5.91 Å². The van der Waals surface area contributed by atoms with Crippen LogP contribution in [0, 0.1) is 11.8 Å². The molecular weight excluding hydrogens is 264 g/mol. The normalized spacial score (nSPS) is 14.0. The van der Waals surface area contributed by atoms with Crippen LogP contribution in [0.25, 0.3) is 0 Å². The van der Waals surface area contributed by atoms with Crippen LogP contribution in [0.15, 0.2) is 24.3 Å². The quantitative estimate of drug-likeness (QED) is 0.827. The highest BCUT2D eigenvalue weighted by molar-refractivity contribution is 5.77. The van der Waals surface area contributed by atoms with E-state index < -0.39 is 0 Å². The van der Waals surface area contributed by atoms with E-state index in [2.05, 4.69) is 46.3 Å². The summed E-state index contributed by atoms with van der Waals surface area (Å²) in [6, 6.07) is 8.57. The molecule has 0 unspecified atom stereocenters. The highest BCUT2D eigenvalue weighted by Crippen LogP contribution is 2.17. The van der Waals surface area contributed by atoms with E-state index in [4.69, 9.17) is 4.74 Å². The summed E-state index contributed by atoms with van der Waals surface area (Å²) in [5.74, 6) is 5.99. The van der Waals surface area contributed by atoms with Gasteiger partial charge in [-0.15, -0.1) is 0 Å². The van der Waals surface area contributed by atoms with Gasteiger partial charge in [-0.05, 0) is 24.5 Å². The molecule has 0 atom stereocenters. The molecule has 0 aliphatic carbocycles. The lowest BCUT2D eigenvalue weighted by atomic mass is 10.0. The number of fused-ring (bicyclic) bond motifs is 1. The second-order valence-corrected chi connectivity index (χ2v) is 5.00. The van der Waals surface area contributed by atoms with Gasteiger partial charge < -0.3 is 10.1 Å². The standard InChI is InChI=1S/C17H22N2O2/c1-2-21-14-17(20)18-10-5-6-11-19-12-9-15-7-3-4-8-16(15)13-19/h3-4,7-8H,2,9-14H2,1H3,(H,18,20). The number of amides is 1. The molecular formula is C17H22N2O2.